The van der Waals surface area contributed by atoms with Crippen LogP contribution >= 0.6 is 0 Å². The van der Waals surface area contributed by atoms with Crippen LogP contribution in [0.5, 0.6) is 0 Å². The van der Waals surface area contributed by atoms with Crippen LogP contribution in [0.2, 0.25) is 0 Å². The van der Waals surface area contributed by atoms with Crippen molar-refractivity contribution in [3.63, 3.8) is 0 Å². The van der Waals surface area contributed by atoms with Gasteiger partial charge in [-0.15, -0.1) is 0 Å². The van der Waals surface area contributed by atoms with E-state index in [1.807, 2.05) is 4.90 Å². The molecule has 0 bridgehead atoms. The van der Waals surface area contributed by atoms with E-state index in [1.54, 1.807) is 12.1 Å². The van der Waals surface area contributed by atoms with E-state index in [4.69, 9.17) is 5.21 Å². The lowest BCUT2D eigenvalue weighted by Crippen LogP contribution is -2.35. The summed E-state index contributed by atoms with van der Waals surface area (Å²) in [7, 11) is 0. The zero-order valence-electron chi connectivity index (χ0n) is 13.8. The van der Waals surface area contributed by atoms with Crippen molar-refractivity contribution in [1.82, 2.24) is 0 Å². The van der Waals surface area contributed by atoms with Gasteiger partial charge in [-0.05, 0) is 49.9 Å². The Morgan fingerprint density at radius 3 is 1.88 bits per heavy atom. The molecule has 4 rings (SSSR count). The largest absolute Gasteiger partial charge is 0.733 e. The minimum Gasteiger partial charge on any atom is -0.733 e. The fourth-order valence-corrected chi connectivity index (χ4v) is 4.03. The number of hydrogen-bond donors (Lipinski definition) is 1. The minimum absolute atomic E-state index is 0.133. The lowest BCUT2D eigenvalue weighted by atomic mass is 9.80. The maximum Gasteiger partial charge on any atom is 0.160 e. The molecule has 0 aromatic heterocycles. The first-order valence-corrected chi connectivity index (χ1v) is 8.63. The molecule has 0 radical (unpaired) electrons. The molecule has 3 aliphatic rings. The summed E-state index contributed by atoms with van der Waals surface area (Å²) in [5, 5.41) is 19.9. The molecule has 0 fully saturated rings. The number of nitrogens with zero attached hydrogens (tertiary/aromatic N) is 2. The number of benzene rings is 1. The lowest BCUT2D eigenvalue weighted by Gasteiger charge is -2.40. The molecule has 1 aromatic carbocycles. The second kappa shape index (κ2) is 6.13. The highest BCUT2D eigenvalue weighted by Gasteiger charge is 2.36. The van der Waals surface area contributed by atoms with E-state index < -0.39 is 0 Å². The van der Waals surface area contributed by atoms with Gasteiger partial charge >= 0.3 is 0 Å². The van der Waals surface area contributed by atoms with Crippen molar-refractivity contribution in [2.24, 2.45) is 0 Å². The summed E-state index contributed by atoms with van der Waals surface area (Å²) in [6.45, 7) is 0. The van der Waals surface area contributed by atoms with E-state index in [1.165, 1.54) is 12.1 Å². The quantitative estimate of drug-likeness (QED) is 0.829. The van der Waals surface area contributed by atoms with Crippen molar-refractivity contribution in [3.05, 3.63) is 52.0 Å². The number of allylic oxidation sites excluding steroid dienone is 4. The first kappa shape index (κ1) is 16.1. The van der Waals surface area contributed by atoms with Crippen LogP contribution in [-0.2, 0) is 9.59 Å². The maximum atomic E-state index is 12.4. The highest BCUT2D eigenvalue weighted by atomic mass is 16.8. The fourth-order valence-electron chi connectivity index (χ4n) is 4.03. The number of carbonyl (C=O) groups is 2. The lowest BCUT2D eigenvalue weighted by molar-refractivity contribution is -0.116. The Morgan fingerprint density at radius 1 is 0.880 bits per heavy atom. The molecule has 6 nitrogen and oxygen atoms in total. The molecule has 130 valence electrons. The molecule has 2 aliphatic carbocycles. The summed E-state index contributed by atoms with van der Waals surface area (Å²) in [5.41, 5.74) is 4.45. The van der Waals surface area contributed by atoms with Crippen molar-refractivity contribution < 1.29 is 14.8 Å². The van der Waals surface area contributed by atoms with Gasteiger partial charge in [0.2, 0.25) is 0 Å². The minimum atomic E-state index is -0.177. The first-order valence-electron chi connectivity index (χ1n) is 8.63. The van der Waals surface area contributed by atoms with Gasteiger partial charge in [0.1, 0.15) is 0 Å². The topological polar surface area (TPSA) is 83.9 Å². The van der Waals surface area contributed by atoms with Crippen LogP contribution in [0.4, 0.5) is 11.4 Å². The number of ketones is 2. The standard InChI is InChI=1S/C19H19N2O4/c22-18-5-1-3-16-14(18)11-15-17(4-2-6-19(15)23)20(16)12-7-9-13(10-8-12)21(24)25/h7-10,24H,1-6,11H2/q-1. The predicted molar refractivity (Wildman–Crippen MR) is 92.9 cm³/mol. The maximum absolute atomic E-state index is 12.4. The monoisotopic (exact) mass is 339 g/mol. The van der Waals surface area contributed by atoms with E-state index in [0.29, 0.717) is 19.3 Å². The first-order chi connectivity index (χ1) is 12.1. The summed E-state index contributed by atoms with van der Waals surface area (Å²) in [6, 6.07) is 6.56. The van der Waals surface area contributed by atoms with Crippen LogP contribution in [-0.4, -0.2) is 16.8 Å². The number of carbonyl (C=O) groups excluding carboxylic acids is 2. The SMILES string of the molecule is O=C1CCCC2=C1CC1=C(CCCC1=O)N2c1ccc(N([O-])O)cc1. The fraction of sp³-hybridized carbons (Fsp3) is 0.368. The second-order valence-electron chi connectivity index (χ2n) is 6.71. The number of Topliss-reactive ketones (excluding diaryl/α,β-unsaturated/α-hetero) is 2. The molecule has 1 heterocycles. The van der Waals surface area contributed by atoms with Gasteiger partial charge in [0.05, 0.1) is 5.69 Å². The third kappa shape index (κ3) is 2.67. The van der Waals surface area contributed by atoms with Crippen LogP contribution in [0.15, 0.2) is 46.8 Å². The van der Waals surface area contributed by atoms with Gasteiger partial charge in [0, 0.05) is 47.5 Å². The summed E-state index contributed by atoms with van der Waals surface area (Å²) >= 11 is 0. The Hall–Kier alpha value is -2.44. The molecule has 1 N–H and O–H groups in total. The average molecular weight is 339 g/mol. The normalized spacial score (nSPS) is 20.6. The van der Waals surface area contributed by atoms with Crippen molar-refractivity contribution in [2.75, 3.05) is 10.1 Å². The molecule has 1 aromatic rings. The van der Waals surface area contributed by atoms with Crippen molar-refractivity contribution in [2.45, 2.75) is 44.9 Å². The van der Waals surface area contributed by atoms with Gasteiger partial charge in [-0.1, -0.05) is 0 Å². The average Bonchev–Trinajstić information content (AvgIpc) is 2.61. The molecule has 25 heavy (non-hydrogen) atoms. The van der Waals surface area contributed by atoms with Gasteiger partial charge in [0.25, 0.3) is 0 Å². The summed E-state index contributed by atoms with van der Waals surface area (Å²) in [4.78, 5) is 26.9. The zero-order chi connectivity index (χ0) is 17.6. The van der Waals surface area contributed by atoms with Crippen LogP contribution in [0, 0.1) is 5.21 Å². The van der Waals surface area contributed by atoms with Crippen molar-refractivity contribution in [3.8, 4) is 0 Å². The molecule has 1 aliphatic heterocycles. The van der Waals surface area contributed by atoms with E-state index in [-0.39, 0.29) is 22.5 Å². The third-order valence-electron chi connectivity index (χ3n) is 5.23. The molecule has 0 unspecified atom stereocenters. The molecule has 0 saturated heterocycles. The smallest absolute Gasteiger partial charge is 0.160 e. The molecule has 0 spiro atoms. The van der Waals surface area contributed by atoms with E-state index in [0.717, 1.165) is 53.9 Å². The number of rotatable bonds is 2. The molecule has 0 atom stereocenters. The van der Waals surface area contributed by atoms with Crippen LogP contribution in [0.25, 0.3) is 0 Å². The Labute approximate surface area is 145 Å². The molecule has 0 saturated carbocycles. The van der Waals surface area contributed by atoms with E-state index in [2.05, 4.69) is 0 Å². The van der Waals surface area contributed by atoms with E-state index in [9.17, 15) is 14.8 Å². The van der Waals surface area contributed by atoms with Gasteiger partial charge < -0.3 is 15.3 Å². The highest BCUT2D eigenvalue weighted by molar-refractivity contribution is 6.05. The van der Waals surface area contributed by atoms with Crippen LogP contribution in [0.1, 0.15) is 44.9 Å². The predicted octanol–water partition coefficient (Wildman–Crippen LogP) is 3.60. The summed E-state index contributed by atoms with van der Waals surface area (Å²) < 4.78 is 0. The summed E-state index contributed by atoms with van der Waals surface area (Å²) in [6.07, 6.45) is 4.78. The molecular formula is C19H19N2O4-. The molecule has 0 amide bonds. The zero-order valence-corrected chi connectivity index (χ0v) is 13.8. The Balaban J connectivity index is 1.83. The van der Waals surface area contributed by atoms with Gasteiger partial charge in [-0.2, -0.15) is 0 Å². The van der Waals surface area contributed by atoms with Gasteiger partial charge in [-0.25, -0.2) is 0 Å². The van der Waals surface area contributed by atoms with Crippen molar-refractivity contribution in [1.29, 1.82) is 0 Å². The number of anilines is 2. The third-order valence-corrected chi connectivity index (χ3v) is 5.23. The Morgan fingerprint density at radius 2 is 1.40 bits per heavy atom. The Bertz CT molecular complexity index is 763. The second-order valence-corrected chi connectivity index (χ2v) is 6.71. The highest BCUT2D eigenvalue weighted by Crippen LogP contribution is 2.44. The van der Waals surface area contributed by atoms with Gasteiger partial charge in [0.15, 0.2) is 11.6 Å². The van der Waals surface area contributed by atoms with E-state index >= 15 is 0 Å². The van der Waals surface area contributed by atoms with Crippen molar-refractivity contribution >= 4 is 22.9 Å². The van der Waals surface area contributed by atoms with Crippen LogP contribution < -0.4 is 10.1 Å². The van der Waals surface area contributed by atoms with Crippen LogP contribution in [0.3, 0.4) is 0 Å². The summed E-state index contributed by atoms with van der Waals surface area (Å²) in [5.74, 6) is 0.266. The molecule has 6 heteroatoms. The van der Waals surface area contributed by atoms with Gasteiger partial charge in [-0.3, -0.25) is 14.8 Å². The molecular weight excluding hydrogens is 320 g/mol. The Kier molecular flexibility index (Phi) is 3.94. The number of hydrogen-bond acceptors (Lipinski definition) is 6.